The number of nitrogens with zero attached hydrogens (tertiary/aromatic N) is 4. The Morgan fingerprint density at radius 3 is 2.62 bits per heavy atom. The highest BCUT2D eigenvalue weighted by Crippen LogP contribution is 2.16. The third-order valence-electron chi connectivity index (χ3n) is 4.07. The smallest absolute Gasteiger partial charge is 0.330 e. The lowest BCUT2D eigenvalue weighted by Gasteiger charge is -2.09. The van der Waals surface area contributed by atoms with Crippen LogP contribution in [0.5, 0.6) is 5.75 Å². The number of para-hydroxylation sites is 1. The summed E-state index contributed by atoms with van der Waals surface area (Å²) in [5, 5.41) is 14.6. The number of ether oxygens (including phenoxy) is 2. The Bertz CT molecular complexity index is 985. The average Bonchev–Trinajstić information content (AvgIpc) is 3.19. The van der Waals surface area contributed by atoms with Crippen LogP contribution >= 0.6 is 0 Å². The van der Waals surface area contributed by atoms with Gasteiger partial charge in [-0.25, -0.2) is 4.79 Å². The molecular formula is C20H21N5O4. The van der Waals surface area contributed by atoms with E-state index >= 15 is 0 Å². The van der Waals surface area contributed by atoms with E-state index in [1.807, 2.05) is 49.4 Å². The third kappa shape index (κ3) is 5.61. The lowest BCUT2D eigenvalue weighted by Crippen LogP contribution is -2.29. The van der Waals surface area contributed by atoms with Gasteiger partial charge in [0, 0.05) is 17.7 Å². The number of carbonyl (C=O) groups excluding carboxylic acids is 2. The Labute approximate surface area is 167 Å². The Hall–Kier alpha value is -3.75. The van der Waals surface area contributed by atoms with E-state index in [9.17, 15) is 9.59 Å². The summed E-state index contributed by atoms with van der Waals surface area (Å²) >= 11 is 0. The van der Waals surface area contributed by atoms with Gasteiger partial charge < -0.3 is 14.8 Å². The van der Waals surface area contributed by atoms with Crippen molar-refractivity contribution in [3.8, 4) is 17.1 Å². The van der Waals surface area contributed by atoms with E-state index in [1.54, 1.807) is 13.2 Å². The minimum absolute atomic E-state index is 0.237. The van der Waals surface area contributed by atoms with Gasteiger partial charge in [0.25, 0.3) is 5.91 Å². The van der Waals surface area contributed by atoms with Crippen molar-refractivity contribution in [2.24, 2.45) is 0 Å². The van der Waals surface area contributed by atoms with E-state index in [2.05, 4.69) is 20.7 Å². The minimum atomic E-state index is -0.634. The van der Waals surface area contributed by atoms with Crippen LogP contribution < -0.4 is 10.1 Å². The van der Waals surface area contributed by atoms with E-state index in [0.29, 0.717) is 11.6 Å². The van der Waals surface area contributed by atoms with Gasteiger partial charge in [-0.05, 0) is 18.2 Å². The summed E-state index contributed by atoms with van der Waals surface area (Å²) in [6.07, 6.45) is 0. The summed E-state index contributed by atoms with van der Waals surface area (Å²) < 4.78 is 10.2. The number of amides is 1. The molecule has 9 heteroatoms. The fourth-order valence-corrected chi connectivity index (χ4v) is 2.53. The molecule has 3 rings (SSSR count). The predicted molar refractivity (Wildman–Crippen MR) is 104 cm³/mol. The molecule has 0 bridgehead atoms. The van der Waals surface area contributed by atoms with Gasteiger partial charge in [0.2, 0.25) is 5.82 Å². The molecule has 0 aliphatic carbocycles. The number of nitrogens with one attached hydrogen (secondary N) is 1. The van der Waals surface area contributed by atoms with Gasteiger partial charge in [0.05, 0.1) is 7.11 Å². The zero-order chi connectivity index (χ0) is 20.6. The molecule has 29 heavy (non-hydrogen) atoms. The molecule has 150 valence electrons. The zero-order valence-corrected chi connectivity index (χ0v) is 16.2. The molecule has 9 nitrogen and oxygen atoms in total. The van der Waals surface area contributed by atoms with Crippen LogP contribution in [0.2, 0.25) is 0 Å². The van der Waals surface area contributed by atoms with Crippen molar-refractivity contribution in [3.05, 3.63) is 59.7 Å². The van der Waals surface area contributed by atoms with Crippen LogP contribution in [-0.2, 0) is 27.4 Å². The average molecular weight is 395 g/mol. The van der Waals surface area contributed by atoms with Crippen LogP contribution in [-0.4, -0.2) is 45.8 Å². The number of aryl methyl sites for hydroxylation is 1. The molecule has 0 unspecified atom stereocenters. The molecule has 0 saturated heterocycles. The van der Waals surface area contributed by atoms with Crippen LogP contribution in [0, 0.1) is 6.92 Å². The number of tetrazole rings is 1. The van der Waals surface area contributed by atoms with E-state index in [0.717, 1.165) is 21.5 Å². The first-order chi connectivity index (χ1) is 14.0. The van der Waals surface area contributed by atoms with Crippen LogP contribution in [0.4, 0.5) is 0 Å². The molecule has 1 amide bonds. The number of aromatic nitrogens is 4. The van der Waals surface area contributed by atoms with Gasteiger partial charge in [-0.15, -0.1) is 10.2 Å². The van der Waals surface area contributed by atoms with Gasteiger partial charge >= 0.3 is 5.97 Å². The molecule has 1 N–H and O–H groups in total. The number of hydrogen-bond acceptors (Lipinski definition) is 7. The largest absolute Gasteiger partial charge is 0.496 e. The van der Waals surface area contributed by atoms with Crippen LogP contribution in [0.15, 0.2) is 48.5 Å². The highest BCUT2D eigenvalue weighted by Gasteiger charge is 2.12. The molecular weight excluding hydrogens is 374 g/mol. The highest BCUT2D eigenvalue weighted by atomic mass is 16.5. The van der Waals surface area contributed by atoms with Gasteiger partial charge in [0.15, 0.2) is 13.2 Å². The molecule has 0 spiro atoms. The first kappa shape index (κ1) is 20.0. The van der Waals surface area contributed by atoms with Gasteiger partial charge in [0.1, 0.15) is 5.75 Å². The standard InChI is InChI=1S/C20H21N5O4/c1-14-7-9-15(10-8-14)20-22-24-25(23-20)12-19(27)29-13-18(26)21-11-16-5-3-4-6-17(16)28-2/h3-10H,11-13H2,1-2H3,(H,21,26). The lowest BCUT2D eigenvalue weighted by atomic mass is 10.1. The summed E-state index contributed by atoms with van der Waals surface area (Å²) in [5.74, 6) is 0.0280. The monoisotopic (exact) mass is 395 g/mol. The van der Waals surface area contributed by atoms with Crippen molar-refractivity contribution >= 4 is 11.9 Å². The molecule has 1 heterocycles. The predicted octanol–water partition coefficient (Wildman–Crippen LogP) is 1.52. The SMILES string of the molecule is COc1ccccc1CNC(=O)COC(=O)Cn1nnc(-c2ccc(C)cc2)n1. The number of methoxy groups -OCH3 is 1. The number of rotatable bonds is 8. The third-order valence-corrected chi connectivity index (χ3v) is 4.07. The topological polar surface area (TPSA) is 108 Å². The van der Waals surface area contributed by atoms with Gasteiger partial charge in [-0.1, -0.05) is 48.0 Å². The minimum Gasteiger partial charge on any atom is -0.496 e. The molecule has 3 aromatic rings. The van der Waals surface area contributed by atoms with Crippen molar-refractivity contribution in [3.63, 3.8) is 0 Å². The molecule has 0 atom stereocenters. The fourth-order valence-electron chi connectivity index (χ4n) is 2.53. The number of hydrogen-bond donors (Lipinski definition) is 1. The van der Waals surface area contributed by atoms with Crippen molar-refractivity contribution in [2.75, 3.05) is 13.7 Å². The maximum atomic E-state index is 11.9. The first-order valence-electron chi connectivity index (χ1n) is 8.94. The van der Waals surface area contributed by atoms with Gasteiger partial charge in [-0.2, -0.15) is 4.80 Å². The summed E-state index contributed by atoms with van der Waals surface area (Å²) in [6, 6.07) is 15.0. The molecule has 0 aliphatic rings. The zero-order valence-electron chi connectivity index (χ0n) is 16.2. The Balaban J connectivity index is 1.45. The number of benzene rings is 2. The van der Waals surface area contributed by atoms with Crippen LogP contribution in [0.1, 0.15) is 11.1 Å². The maximum Gasteiger partial charge on any atom is 0.330 e. The molecule has 1 aromatic heterocycles. The summed E-state index contributed by atoms with van der Waals surface area (Å²) in [5.41, 5.74) is 2.74. The summed E-state index contributed by atoms with van der Waals surface area (Å²) in [4.78, 5) is 25.0. The maximum absolute atomic E-state index is 11.9. The van der Waals surface area contributed by atoms with Crippen molar-refractivity contribution in [2.45, 2.75) is 20.0 Å². The van der Waals surface area contributed by atoms with Crippen molar-refractivity contribution in [1.82, 2.24) is 25.5 Å². The van der Waals surface area contributed by atoms with E-state index in [4.69, 9.17) is 9.47 Å². The second-order valence-electron chi connectivity index (χ2n) is 6.26. The first-order valence-corrected chi connectivity index (χ1v) is 8.94. The van der Waals surface area contributed by atoms with E-state index < -0.39 is 18.5 Å². The Morgan fingerprint density at radius 2 is 1.86 bits per heavy atom. The van der Waals surface area contributed by atoms with Crippen LogP contribution in [0.25, 0.3) is 11.4 Å². The number of carbonyl (C=O) groups is 2. The van der Waals surface area contributed by atoms with Crippen molar-refractivity contribution < 1.29 is 19.1 Å². The Kier molecular flexibility index (Phi) is 6.51. The highest BCUT2D eigenvalue weighted by molar-refractivity contribution is 5.80. The second-order valence-corrected chi connectivity index (χ2v) is 6.26. The number of esters is 1. The van der Waals surface area contributed by atoms with E-state index in [1.165, 1.54) is 0 Å². The normalized spacial score (nSPS) is 10.4. The molecule has 2 aromatic carbocycles. The van der Waals surface area contributed by atoms with E-state index in [-0.39, 0.29) is 13.1 Å². The van der Waals surface area contributed by atoms with Crippen molar-refractivity contribution in [1.29, 1.82) is 0 Å². The molecule has 0 saturated carbocycles. The molecule has 0 fully saturated rings. The Morgan fingerprint density at radius 1 is 1.10 bits per heavy atom. The summed E-state index contributed by atoms with van der Waals surface area (Å²) in [7, 11) is 1.56. The van der Waals surface area contributed by atoms with Crippen LogP contribution in [0.3, 0.4) is 0 Å². The fraction of sp³-hybridized carbons (Fsp3) is 0.250. The quantitative estimate of drug-likeness (QED) is 0.576. The van der Waals surface area contributed by atoms with Gasteiger partial charge in [-0.3, -0.25) is 4.79 Å². The summed E-state index contributed by atoms with van der Waals surface area (Å²) in [6.45, 7) is 1.62. The second kappa shape index (κ2) is 9.45. The molecule has 0 radical (unpaired) electrons. The lowest BCUT2D eigenvalue weighted by molar-refractivity contribution is -0.149. The molecule has 0 aliphatic heterocycles.